The summed E-state index contributed by atoms with van der Waals surface area (Å²) in [6.07, 6.45) is 8.28. The molecule has 2 fully saturated rings. The van der Waals surface area contributed by atoms with Crippen LogP contribution in [0.2, 0.25) is 0 Å². The normalized spacial score (nSPS) is 16.5. The van der Waals surface area contributed by atoms with E-state index < -0.39 is 17.7 Å². The van der Waals surface area contributed by atoms with Crippen molar-refractivity contribution in [3.8, 4) is 5.69 Å². The maximum Gasteiger partial charge on any atom is 0.337 e. The number of hydrogen-bond donors (Lipinski definition) is 1. The molecule has 0 saturated carbocycles. The van der Waals surface area contributed by atoms with E-state index in [-0.39, 0.29) is 41.8 Å². The van der Waals surface area contributed by atoms with Crippen LogP contribution in [0.1, 0.15) is 76.6 Å². The van der Waals surface area contributed by atoms with Crippen LogP contribution >= 0.6 is 0 Å². The lowest BCUT2D eigenvalue weighted by atomic mass is 10.0. The fourth-order valence-corrected chi connectivity index (χ4v) is 9.67. The minimum atomic E-state index is -3.17. The van der Waals surface area contributed by atoms with Crippen molar-refractivity contribution in [3.05, 3.63) is 141 Å². The molecule has 3 aromatic carbocycles. The van der Waals surface area contributed by atoms with Gasteiger partial charge in [0, 0.05) is 121 Å². The molecule has 3 aliphatic rings. The molecule has 1 unspecified atom stereocenters. The number of alkyl halides is 2. The van der Waals surface area contributed by atoms with Crippen molar-refractivity contribution < 1.29 is 27.9 Å². The molecule has 15 nitrogen and oxygen atoms in total. The van der Waals surface area contributed by atoms with Crippen molar-refractivity contribution in [2.24, 2.45) is 7.05 Å². The first-order valence-corrected chi connectivity index (χ1v) is 23.0. The Morgan fingerprint density at radius 3 is 2.31 bits per heavy atom. The molecule has 6 aromatic rings. The van der Waals surface area contributed by atoms with E-state index in [2.05, 4.69) is 60.5 Å². The molecule has 9 rings (SSSR count). The number of anilines is 2. The minimum absolute atomic E-state index is 0.0724. The third-order valence-corrected chi connectivity index (χ3v) is 13.4. The largest absolute Gasteiger partial charge is 0.373 e. The minimum Gasteiger partial charge on any atom is -0.373 e. The highest BCUT2D eigenvalue weighted by Crippen LogP contribution is 2.33. The van der Waals surface area contributed by atoms with Gasteiger partial charge in [0.2, 0.25) is 5.91 Å². The molecule has 6 heterocycles. The number of fused-ring (bicyclic) bond motifs is 2. The number of likely N-dealkylation sites (N-methyl/N-ethyl adjacent to an activating group) is 1. The number of amides is 2. The molecule has 17 heteroatoms. The summed E-state index contributed by atoms with van der Waals surface area (Å²) in [5, 5.41) is 10.7. The van der Waals surface area contributed by atoms with Crippen LogP contribution in [0.15, 0.2) is 96.3 Å². The molecule has 67 heavy (non-hydrogen) atoms. The third kappa shape index (κ3) is 9.74. The number of aldehydes is 1. The summed E-state index contributed by atoms with van der Waals surface area (Å²) < 4.78 is 41.3. The van der Waals surface area contributed by atoms with Gasteiger partial charge >= 0.3 is 5.69 Å². The van der Waals surface area contributed by atoms with Gasteiger partial charge in [-0.2, -0.15) is 0 Å². The summed E-state index contributed by atoms with van der Waals surface area (Å²) in [7, 11) is 3.41. The number of piperidine rings is 1. The van der Waals surface area contributed by atoms with E-state index in [1.54, 1.807) is 30.5 Å². The first-order valence-electron chi connectivity index (χ1n) is 23.0. The van der Waals surface area contributed by atoms with Crippen molar-refractivity contribution in [2.45, 2.75) is 76.8 Å². The Morgan fingerprint density at radius 2 is 1.63 bits per heavy atom. The lowest BCUT2D eigenvalue weighted by Crippen LogP contribution is -2.46. The number of carbonyl (C=O) groups excluding carboxylic acids is 3. The molecule has 3 aliphatic heterocycles. The second-order valence-corrected chi connectivity index (χ2v) is 18.0. The van der Waals surface area contributed by atoms with Gasteiger partial charge in [0.25, 0.3) is 11.8 Å². The van der Waals surface area contributed by atoms with Crippen molar-refractivity contribution in [1.29, 1.82) is 0 Å². The van der Waals surface area contributed by atoms with Crippen molar-refractivity contribution >= 4 is 35.0 Å². The highest BCUT2D eigenvalue weighted by Gasteiger charge is 2.36. The summed E-state index contributed by atoms with van der Waals surface area (Å²) in [4.78, 5) is 59.2. The fraction of sp³-hybridized carbons (Fsp3) is 0.400. The zero-order chi connectivity index (χ0) is 46.8. The van der Waals surface area contributed by atoms with Crippen LogP contribution < -0.4 is 20.8 Å². The van der Waals surface area contributed by atoms with Crippen LogP contribution in [0.3, 0.4) is 0 Å². The number of nitrogens with one attached hydrogen (secondary N) is 1. The first-order chi connectivity index (χ1) is 32.4. The summed E-state index contributed by atoms with van der Waals surface area (Å²) in [5.41, 5.74) is 6.50. The van der Waals surface area contributed by atoms with Gasteiger partial charge in [-0.15, -0.1) is 10.2 Å². The SMILES string of the molecule is CNC(=O)C(CCC=O)N1Cc2cc(N3CCN(c4ccc(COC5CCN(Cc6cc(C(C)(F)F)c7cn(-c8cccc(Cc9nncn9C)c8)c(=O)n7c6)CC5)cc4)CC3)ccc2C1=O. The first kappa shape index (κ1) is 45.4. The van der Waals surface area contributed by atoms with Gasteiger partial charge in [0.1, 0.15) is 24.5 Å². The van der Waals surface area contributed by atoms with Gasteiger partial charge in [-0.3, -0.25) is 23.5 Å². The molecule has 0 radical (unpaired) electrons. The number of rotatable bonds is 16. The Bertz CT molecular complexity index is 2820. The average Bonchev–Trinajstić information content (AvgIpc) is 4.01. The van der Waals surface area contributed by atoms with E-state index in [0.717, 1.165) is 99.2 Å². The maximum atomic E-state index is 15.2. The van der Waals surface area contributed by atoms with Gasteiger partial charge in [-0.25, -0.2) is 13.6 Å². The molecule has 0 spiro atoms. The number of halogens is 2. The molecule has 0 aliphatic carbocycles. The molecule has 1 N–H and O–H groups in total. The van der Waals surface area contributed by atoms with E-state index in [9.17, 15) is 19.2 Å². The van der Waals surface area contributed by atoms with Crippen molar-refractivity contribution in [1.82, 2.24) is 38.8 Å². The van der Waals surface area contributed by atoms with Crippen LogP contribution in [0.4, 0.5) is 20.2 Å². The van der Waals surface area contributed by atoms with Gasteiger partial charge in [-0.1, -0.05) is 24.3 Å². The van der Waals surface area contributed by atoms with E-state index >= 15 is 8.78 Å². The maximum absolute atomic E-state index is 15.2. The Balaban J connectivity index is 0.761. The smallest absolute Gasteiger partial charge is 0.337 e. The van der Waals surface area contributed by atoms with Crippen LogP contribution in [0.5, 0.6) is 0 Å². The van der Waals surface area contributed by atoms with Gasteiger partial charge in [-0.05, 0) is 90.0 Å². The molecule has 3 aromatic heterocycles. The Kier molecular flexibility index (Phi) is 13.1. The summed E-state index contributed by atoms with van der Waals surface area (Å²) in [6, 6.07) is 22.7. The summed E-state index contributed by atoms with van der Waals surface area (Å²) >= 11 is 0. The highest BCUT2D eigenvalue weighted by molar-refractivity contribution is 6.01. The molecular weight excluding hydrogens is 859 g/mol. The number of aryl methyl sites for hydroxylation is 1. The van der Waals surface area contributed by atoms with Crippen LogP contribution in [0.25, 0.3) is 11.2 Å². The van der Waals surface area contributed by atoms with Gasteiger partial charge in [0.15, 0.2) is 0 Å². The molecular formula is C50H56F2N10O5. The van der Waals surface area contributed by atoms with Crippen LogP contribution in [-0.4, -0.2) is 110 Å². The second-order valence-electron chi connectivity index (χ2n) is 18.0. The van der Waals surface area contributed by atoms with Crippen molar-refractivity contribution in [2.75, 3.05) is 56.1 Å². The zero-order valence-corrected chi connectivity index (χ0v) is 38.1. The van der Waals surface area contributed by atoms with E-state index in [1.807, 2.05) is 41.9 Å². The summed E-state index contributed by atoms with van der Waals surface area (Å²) in [6.45, 7) is 6.91. The number of pyridine rings is 1. The predicted octanol–water partition coefficient (Wildman–Crippen LogP) is 5.48. The number of aromatic nitrogens is 5. The number of ether oxygens (including phenoxy) is 1. The molecule has 2 saturated heterocycles. The van der Waals surface area contributed by atoms with Crippen LogP contribution in [0, 0.1) is 0 Å². The lowest BCUT2D eigenvalue weighted by Gasteiger charge is -2.37. The predicted molar refractivity (Wildman–Crippen MR) is 250 cm³/mol. The zero-order valence-electron chi connectivity index (χ0n) is 38.1. The molecule has 0 bridgehead atoms. The number of benzene rings is 3. The average molecular weight is 915 g/mol. The summed E-state index contributed by atoms with van der Waals surface area (Å²) in [5.74, 6) is -2.85. The number of likely N-dealkylation sites (tertiary alicyclic amines) is 1. The third-order valence-electron chi connectivity index (χ3n) is 13.4. The van der Waals surface area contributed by atoms with Gasteiger partial charge in [0.05, 0.1) is 23.9 Å². The number of piperazine rings is 1. The number of carbonyl (C=O) groups is 3. The highest BCUT2D eigenvalue weighted by atomic mass is 19.3. The standard InChI is InChI=1S/C50H56F2N10O5/c1-50(51,52)43-25-36(29-62-45(43)31-60(49(62)66)40-7-4-6-35(24-40)26-46-55-54-33-56(46)3)28-57-17-15-41(16-18-57)67-32-34-9-11-38(12-10-34)58-19-21-59(22-20-58)39-13-14-42-37(27-39)30-61(48(42)65)44(8-5-23-63)47(64)53-2/h4,6-7,9-14,23-25,27,29,31,33,41,44H,5,8,15-22,26,28,30,32H2,1-3H3,(H,53,64). The monoisotopic (exact) mass is 914 g/mol. The molecule has 350 valence electrons. The number of hydrogen-bond acceptors (Lipinski definition) is 10. The van der Waals surface area contributed by atoms with E-state index in [4.69, 9.17) is 4.74 Å². The van der Waals surface area contributed by atoms with Crippen molar-refractivity contribution in [3.63, 3.8) is 0 Å². The van der Waals surface area contributed by atoms with E-state index in [0.29, 0.717) is 42.9 Å². The number of nitrogens with zero attached hydrogens (tertiary/aromatic N) is 9. The Labute approximate surface area is 387 Å². The molecule has 1 atom stereocenters. The fourth-order valence-electron chi connectivity index (χ4n) is 9.67. The Hall–Kier alpha value is -6.72. The number of imidazole rings is 1. The second kappa shape index (κ2) is 19.2. The topological polar surface area (TPSA) is 143 Å². The molecule has 2 amide bonds. The van der Waals surface area contributed by atoms with Crippen LogP contribution in [-0.2, 0) is 53.4 Å². The Morgan fingerprint density at radius 1 is 0.896 bits per heavy atom. The van der Waals surface area contributed by atoms with Gasteiger partial charge < -0.3 is 34.1 Å². The van der Waals surface area contributed by atoms with E-state index in [1.165, 1.54) is 21.2 Å². The lowest BCUT2D eigenvalue weighted by molar-refractivity contribution is -0.125. The quantitative estimate of drug-likeness (QED) is 0.124.